The summed E-state index contributed by atoms with van der Waals surface area (Å²) >= 11 is 0. The Labute approximate surface area is 146 Å². The monoisotopic (exact) mass is 351 g/mol. The normalized spacial score (nSPS) is 10.7. The summed E-state index contributed by atoms with van der Waals surface area (Å²) in [5.74, 6) is -1.49. The molecule has 6 nitrogen and oxygen atoms in total. The molecule has 0 bridgehead atoms. The Bertz CT molecular complexity index is 1070. The maximum atomic E-state index is 13.6. The Morgan fingerprint density at radius 2 is 1.96 bits per heavy atom. The minimum absolute atomic E-state index is 0.0216. The van der Waals surface area contributed by atoms with Crippen molar-refractivity contribution < 1.29 is 8.78 Å². The lowest BCUT2D eigenvalue weighted by Crippen LogP contribution is -2.16. The fraction of sp³-hybridized carbons (Fsp3) is 0. The summed E-state index contributed by atoms with van der Waals surface area (Å²) in [4.78, 5) is 18.6. The molecule has 1 heterocycles. The van der Waals surface area contributed by atoms with E-state index in [1.165, 1.54) is 6.07 Å². The number of hydrogen-bond acceptors (Lipinski definition) is 5. The zero-order valence-electron chi connectivity index (χ0n) is 13.2. The van der Waals surface area contributed by atoms with Gasteiger partial charge < -0.3 is 0 Å². The molecule has 0 atom stereocenters. The van der Waals surface area contributed by atoms with Crippen LogP contribution in [0.4, 0.5) is 14.7 Å². The number of aromatic nitrogens is 2. The third kappa shape index (κ3) is 3.62. The topological polar surface area (TPSA) is 93.9 Å². The molecule has 26 heavy (non-hydrogen) atoms. The first-order valence-electron chi connectivity index (χ1n) is 7.42. The Morgan fingerprint density at radius 3 is 2.65 bits per heavy atom. The van der Waals surface area contributed by atoms with E-state index in [2.05, 4.69) is 20.5 Å². The van der Waals surface area contributed by atoms with Gasteiger partial charge in [0.2, 0.25) is 5.95 Å². The van der Waals surface area contributed by atoms with Crippen LogP contribution in [0.2, 0.25) is 0 Å². The molecular formula is C18H11F2N5O. The summed E-state index contributed by atoms with van der Waals surface area (Å²) < 4.78 is 26.4. The van der Waals surface area contributed by atoms with Crippen molar-refractivity contribution in [2.45, 2.75) is 0 Å². The molecule has 1 aromatic heterocycles. The van der Waals surface area contributed by atoms with Gasteiger partial charge in [-0.25, -0.2) is 19.2 Å². The van der Waals surface area contributed by atoms with Crippen LogP contribution in [0.25, 0.3) is 11.3 Å². The van der Waals surface area contributed by atoms with Gasteiger partial charge in [-0.05, 0) is 12.1 Å². The van der Waals surface area contributed by atoms with Gasteiger partial charge in [0, 0.05) is 17.2 Å². The highest BCUT2D eigenvalue weighted by molar-refractivity contribution is 5.80. The number of anilines is 1. The number of hydrazone groups is 1. The summed E-state index contributed by atoms with van der Waals surface area (Å²) in [6, 6.07) is 13.6. The Hall–Kier alpha value is -3.86. The van der Waals surface area contributed by atoms with Crippen molar-refractivity contribution in [1.82, 2.24) is 9.97 Å². The maximum absolute atomic E-state index is 13.6. The smallest absolute Gasteiger partial charge is 0.270 e. The van der Waals surface area contributed by atoms with Gasteiger partial charge in [-0.15, -0.1) is 0 Å². The number of nitrogens with zero attached hydrogens (tertiary/aromatic N) is 3. The first-order valence-corrected chi connectivity index (χ1v) is 7.42. The predicted molar refractivity (Wildman–Crippen MR) is 92.6 cm³/mol. The second-order valence-corrected chi connectivity index (χ2v) is 5.15. The van der Waals surface area contributed by atoms with E-state index >= 15 is 0 Å². The fourth-order valence-electron chi connectivity index (χ4n) is 2.20. The third-order valence-corrected chi connectivity index (χ3v) is 3.42. The van der Waals surface area contributed by atoms with E-state index < -0.39 is 17.2 Å². The quantitative estimate of drug-likeness (QED) is 0.558. The van der Waals surface area contributed by atoms with Crippen molar-refractivity contribution in [2.24, 2.45) is 5.10 Å². The van der Waals surface area contributed by atoms with Crippen molar-refractivity contribution in [3.05, 3.63) is 81.6 Å². The van der Waals surface area contributed by atoms with Gasteiger partial charge in [0.1, 0.15) is 23.3 Å². The molecule has 0 amide bonds. The maximum Gasteiger partial charge on any atom is 0.270 e. The molecule has 128 valence electrons. The number of hydrogen-bond donors (Lipinski definition) is 2. The van der Waals surface area contributed by atoms with Crippen molar-refractivity contribution in [2.75, 3.05) is 5.43 Å². The molecule has 2 N–H and O–H groups in total. The van der Waals surface area contributed by atoms with Crippen LogP contribution in [0.1, 0.15) is 11.1 Å². The minimum Gasteiger partial charge on any atom is -0.290 e. The molecule has 0 unspecified atom stereocenters. The van der Waals surface area contributed by atoms with Crippen LogP contribution in [-0.2, 0) is 0 Å². The van der Waals surface area contributed by atoms with E-state index in [0.717, 1.165) is 18.3 Å². The van der Waals surface area contributed by atoms with Crippen LogP contribution in [0.5, 0.6) is 0 Å². The molecule has 3 rings (SSSR count). The first-order chi connectivity index (χ1) is 12.6. The first kappa shape index (κ1) is 17.0. The molecule has 0 spiro atoms. The minimum atomic E-state index is -0.776. The van der Waals surface area contributed by atoms with Gasteiger partial charge in [0.15, 0.2) is 0 Å². The summed E-state index contributed by atoms with van der Waals surface area (Å²) in [5.41, 5.74) is 2.55. The van der Waals surface area contributed by atoms with Crippen LogP contribution in [0.3, 0.4) is 0 Å². The van der Waals surface area contributed by atoms with Crippen LogP contribution >= 0.6 is 0 Å². The molecule has 0 radical (unpaired) electrons. The molecule has 8 heteroatoms. The van der Waals surface area contributed by atoms with Gasteiger partial charge in [-0.3, -0.25) is 9.78 Å². The molecule has 3 aromatic rings. The fourth-order valence-corrected chi connectivity index (χ4v) is 2.20. The molecule has 0 saturated heterocycles. The Balaban J connectivity index is 1.92. The van der Waals surface area contributed by atoms with E-state index in [9.17, 15) is 18.8 Å². The zero-order valence-corrected chi connectivity index (χ0v) is 13.2. The van der Waals surface area contributed by atoms with Gasteiger partial charge in [-0.1, -0.05) is 30.3 Å². The standard InChI is InChI=1S/C18H11F2N5O/c19-13-7-6-12(15(20)8-13)10-22-25-18-23-16(11-4-2-1-3-5-11)14(9-21)17(26)24-18/h1-8,10H,(H2,23,24,25,26). The summed E-state index contributed by atoms with van der Waals surface area (Å²) in [6.45, 7) is 0. The summed E-state index contributed by atoms with van der Waals surface area (Å²) in [6.07, 6.45) is 1.12. The largest absolute Gasteiger partial charge is 0.290 e. The zero-order chi connectivity index (χ0) is 18.5. The summed E-state index contributed by atoms with van der Waals surface area (Å²) in [7, 11) is 0. The van der Waals surface area contributed by atoms with Crippen LogP contribution in [0.15, 0.2) is 58.4 Å². The van der Waals surface area contributed by atoms with Gasteiger partial charge in [0.05, 0.1) is 11.9 Å². The molecule has 0 aliphatic carbocycles. The molecule has 0 saturated carbocycles. The molecule has 0 fully saturated rings. The van der Waals surface area contributed by atoms with Crippen LogP contribution in [0, 0.1) is 23.0 Å². The van der Waals surface area contributed by atoms with Crippen molar-refractivity contribution in [3.8, 4) is 17.3 Å². The van der Waals surface area contributed by atoms with E-state index in [0.29, 0.717) is 5.56 Å². The summed E-state index contributed by atoms with van der Waals surface area (Å²) in [5, 5.41) is 13.0. The van der Waals surface area contributed by atoms with Crippen molar-refractivity contribution in [1.29, 1.82) is 5.26 Å². The average molecular weight is 351 g/mol. The highest BCUT2D eigenvalue weighted by atomic mass is 19.1. The van der Waals surface area contributed by atoms with Crippen molar-refractivity contribution >= 4 is 12.2 Å². The SMILES string of the molecule is N#Cc1c(-c2ccccc2)nc(NN=Cc2ccc(F)cc2F)[nH]c1=O. The second kappa shape index (κ2) is 7.36. The van der Waals surface area contributed by atoms with Gasteiger partial charge in [-0.2, -0.15) is 10.4 Å². The predicted octanol–water partition coefficient (Wildman–Crippen LogP) is 3.03. The number of H-pyrrole nitrogens is 1. The lowest BCUT2D eigenvalue weighted by Gasteiger charge is -2.06. The highest BCUT2D eigenvalue weighted by Crippen LogP contribution is 2.19. The van der Waals surface area contributed by atoms with Gasteiger partial charge >= 0.3 is 0 Å². The number of halogens is 2. The number of nitrogens with one attached hydrogen (secondary N) is 2. The highest BCUT2D eigenvalue weighted by Gasteiger charge is 2.12. The van der Waals surface area contributed by atoms with Gasteiger partial charge in [0.25, 0.3) is 5.56 Å². The van der Waals surface area contributed by atoms with Crippen molar-refractivity contribution in [3.63, 3.8) is 0 Å². The average Bonchev–Trinajstić information content (AvgIpc) is 2.64. The molecular weight excluding hydrogens is 340 g/mol. The second-order valence-electron chi connectivity index (χ2n) is 5.15. The number of aromatic amines is 1. The lowest BCUT2D eigenvalue weighted by atomic mass is 10.1. The lowest BCUT2D eigenvalue weighted by molar-refractivity contribution is 0.582. The third-order valence-electron chi connectivity index (χ3n) is 3.42. The van der Waals surface area contributed by atoms with E-state index in [1.54, 1.807) is 30.3 Å². The molecule has 2 aromatic carbocycles. The molecule has 0 aliphatic heterocycles. The van der Waals surface area contributed by atoms with Crippen LogP contribution < -0.4 is 11.0 Å². The van der Waals surface area contributed by atoms with E-state index in [-0.39, 0.29) is 22.8 Å². The van der Waals surface area contributed by atoms with E-state index in [4.69, 9.17) is 0 Å². The number of nitriles is 1. The molecule has 0 aliphatic rings. The van der Waals surface area contributed by atoms with Crippen LogP contribution in [-0.4, -0.2) is 16.2 Å². The number of rotatable bonds is 4. The van der Waals surface area contributed by atoms with E-state index in [1.807, 2.05) is 6.07 Å². The Morgan fingerprint density at radius 1 is 1.19 bits per heavy atom. The number of benzene rings is 2. The Kier molecular flexibility index (Phi) is 4.80.